The fourth-order valence-electron chi connectivity index (χ4n) is 1.36. The largest absolute Gasteiger partial charge is 0.337 e. The molecule has 5 nitrogen and oxygen atoms in total. The Balaban J connectivity index is 2.34. The number of hydrazine groups is 1. The molecule has 1 heterocycles. The van der Waals surface area contributed by atoms with Crippen LogP contribution in [0.2, 0.25) is 0 Å². The van der Waals surface area contributed by atoms with Crippen LogP contribution in [0.1, 0.15) is 33.6 Å². The van der Waals surface area contributed by atoms with Crippen molar-refractivity contribution in [3.63, 3.8) is 0 Å². The van der Waals surface area contributed by atoms with E-state index in [0.717, 1.165) is 6.42 Å². The summed E-state index contributed by atoms with van der Waals surface area (Å²) < 4.78 is 5.37. The van der Waals surface area contributed by atoms with E-state index in [1.165, 1.54) is 5.49 Å². The molecule has 0 saturated carbocycles. The third-order valence-corrected chi connectivity index (χ3v) is 2.94. The molecule has 2 N–H and O–H groups in total. The number of hydrogen-bond acceptors (Lipinski definition) is 5. The van der Waals surface area contributed by atoms with E-state index in [2.05, 4.69) is 5.59 Å². The fraction of sp³-hybridized carbons (Fsp3) is 0.800. The predicted molar refractivity (Wildman–Crippen MR) is 66.2 cm³/mol. The van der Waals surface area contributed by atoms with E-state index in [1.54, 1.807) is 5.01 Å². The van der Waals surface area contributed by atoms with Gasteiger partial charge in [-0.25, -0.2) is 4.84 Å². The third kappa shape index (κ3) is 3.21. The van der Waals surface area contributed by atoms with Crippen LogP contribution in [-0.4, -0.2) is 34.6 Å². The molecule has 2 atom stereocenters. The predicted octanol–water partition coefficient (Wildman–Crippen LogP) is 1.64. The van der Waals surface area contributed by atoms with Crippen LogP contribution in [-0.2, 0) is 9.57 Å². The molecule has 6 heteroatoms. The van der Waals surface area contributed by atoms with Gasteiger partial charge >= 0.3 is 0 Å². The minimum atomic E-state index is -0.523. The van der Waals surface area contributed by atoms with Gasteiger partial charge in [0.15, 0.2) is 0 Å². The van der Waals surface area contributed by atoms with Crippen LogP contribution in [0.4, 0.5) is 0 Å². The molecule has 1 fully saturated rings. The number of rotatable bonds is 8. The molecule has 0 aromatic heterocycles. The molecule has 1 aliphatic heterocycles. The molecule has 1 saturated heterocycles. The van der Waals surface area contributed by atoms with E-state index >= 15 is 0 Å². The molecule has 92 valence electrons. The maximum atomic E-state index is 7.57. The van der Waals surface area contributed by atoms with Crippen molar-refractivity contribution in [3.05, 3.63) is 0 Å². The van der Waals surface area contributed by atoms with Gasteiger partial charge < -0.3 is 10.1 Å². The lowest BCUT2D eigenvalue weighted by Crippen LogP contribution is -2.43. The maximum Gasteiger partial charge on any atom is 0.216 e. The molecular formula is C10H19N3O2S. The Hall–Kier alpha value is -0.560. The Morgan fingerprint density at radius 3 is 2.69 bits per heavy atom. The first-order valence-electron chi connectivity index (χ1n) is 5.47. The average molecular weight is 245 g/mol. The van der Waals surface area contributed by atoms with Gasteiger partial charge in [0.2, 0.25) is 5.79 Å². The SMILES string of the molecule is CCC(=N)CN(C=S)NOC1(CC)OC1C. The zero-order valence-electron chi connectivity index (χ0n) is 9.95. The number of nitrogens with one attached hydrogen (secondary N) is 2. The molecule has 0 spiro atoms. The van der Waals surface area contributed by atoms with Crippen LogP contribution < -0.4 is 5.59 Å². The fourth-order valence-corrected chi connectivity index (χ4v) is 1.48. The van der Waals surface area contributed by atoms with Gasteiger partial charge in [0.05, 0.1) is 12.0 Å². The summed E-state index contributed by atoms with van der Waals surface area (Å²) in [7, 11) is 0. The van der Waals surface area contributed by atoms with Gasteiger partial charge in [-0.1, -0.05) is 26.1 Å². The van der Waals surface area contributed by atoms with Crippen LogP contribution in [0.15, 0.2) is 0 Å². The van der Waals surface area contributed by atoms with Crippen LogP contribution in [0.25, 0.3) is 0 Å². The molecule has 0 amide bonds. The van der Waals surface area contributed by atoms with Crippen LogP contribution in [0.5, 0.6) is 0 Å². The van der Waals surface area contributed by atoms with Crippen molar-refractivity contribution in [1.29, 1.82) is 5.41 Å². The van der Waals surface area contributed by atoms with E-state index < -0.39 is 5.79 Å². The van der Waals surface area contributed by atoms with E-state index in [4.69, 9.17) is 27.2 Å². The number of hydrogen-bond donors (Lipinski definition) is 2. The van der Waals surface area contributed by atoms with E-state index in [9.17, 15) is 0 Å². The highest BCUT2D eigenvalue weighted by Crippen LogP contribution is 2.39. The summed E-state index contributed by atoms with van der Waals surface area (Å²) in [4.78, 5) is 5.46. The molecule has 0 aromatic rings. The van der Waals surface area contributed by atoms with Crippen LogP contribution in [0, 0.1) is 5.41 Å². The molecule has 0 bridgehead atoms. The van der Waals surface area contributed by atoms with Gasteiger partial charge in [0, 0.05) is 12.1 Å². The molecule has 0 aromatic carbocycles. The highest BCUT2D eigenvalue weighted by Gasteiger charge is 2.54. The number of epoxide rings is 1. The second-order valence-electron chi connectivity index (χ2n) is 3.81. The summed E-state index contributed by atoms with van der Waals surface area (Å²) in [6, 6.07) is 0. The number of thiocarbonyl (C=S) groups is 1. The summed E-state index contributed by atoms with van der Waals surface area (Å²) >= 11 is 4.84. The molecule has 0 aliphatic carbocycles. The smallest absolute Gasteiger partial charge is 0.216 e. The minimum Gasteiger partial charge on any atom is -0.337 e. The van der Waals surface area contributed by atoms with Crippen molar-refractivity contribution in [2.24, 2.45) is 0 Å². The second kappa shape index (κ2) is 5.67. The van der Waals surface area contributed by atoms with Crippen molar-refractivity contribution in [2.45, 2.75) is 45.5 Å². The molecule has 1 aliphatic rings. The summed E-state index contributed by atoms with van der Waals surface area (Å²) in [6.07, 6.45) is 1.58. The monoisotopic (exact) mass is 245 g/mol. The lowest BCUT2D eigenvalue weighted by atomic mass is 10.2. The molecule has 16 heavy (non-hydrogen) atoms. The highest BCUT2D eigenvalue weighted by atomic mass is 32.1. The zero-order valence-corrected chi connectivity index (χ0v) is 10.8. The number of nitrogens with zero attached hydrogens (tertiary/aromatic N) is 1. The Kier molecular flexibility index (Phi) is 4.79. The highest BCUT2D eigenvalue weighted by molar-refractivity contribution is 7.78. The average Bonchev–Trinajstić information content (AvgIpc) is 2.95. The van der Waals surface area contributed by atoms with Gasteiger partial charge in [-0.2, -0.15) is 0 Å². The molecule has 2 unspecified atom stereocenters. The van der Waals surface area contributed by atoms with E-state index in [0.29, 0.717) is 18.7 Å². The molecule has 1 rings (SSSR count). The first-order valence-corrected chi connectivity index (χ1v) is 5.94. The Bertz CT molecular complexity index is 271. The normalized spacial score (nSPS) is 27.6. The van der Waals surface area contributed by atoms with E-state index in [1.807, 2.05) is 20.8 Å². The second-order valence-corrected chi connectivity index (χ2v) is 4.02. The lowest BCUT2D eigenvalue weighted by Gasteiger charge is -2.22. The van der Waals surface area contributed by atoms with Crippen molar-refractivity contribution in [3.8, 4) is 0 Å². The Morgan fingerprint density at radius 2 is 2.31 bits per heavy atom. The zero-order chi connectivity index (χ0) is 12.2. The lowest BCUT2D eigenvalue weighted by molar-refractivity contribution is -0.151. The van der Waals surface area contributed by atoms with Gasteiger partial charge in [-0.15, -0.1) is 5.59 Å². The molecular weight excluding hydrogens is 226 g/mol. The van der Waals surface area contributed by atoms with Crippen LogP contribution >= 0.6 is 12.2 Å². The summed E-state index contributed by atoms with van der Waals surface area (Å²) in [5.41, 5.74) is 4.75. The van der Waals surface area contributed by atoms with Crippen molar-refractivity contribution < 1.29 is 9.57 Å². The van der Waals surface area contributed by atoms with Gasteiger partial charge in [-0.3, -0.25) is 5.01 Å². The Morgan fingerprint density at radius 1 is 1.69 bits per heavy atom. The third-order valence-electron chi connectivity index (χ3n) is 2.68. The maximum absolute atomic E-state index is 7.57. The quantitative estimate of drug-likeness (QED) is 0.294. The summed E-state index contributed by atoms with van der Waals surface area (Å²) in [5, 5.41) is 9.13. The van der Waals surface area contributed by atoms with Crippen molar-refractivity contribution in [1.82, 2.24) is 10.6 Å². The Labute approximate surface area is 102 Å². The molecule has 0 radical (unpaired) electrons. The van der Waals surface area contributed by atoms with Crippen molar-refractivity contribution >= 4 is 23.4 Å². The standard InChI is InChI=1S/C10H19N3O2S/c1-4-9(11)6-13(7-16)12-15-10(5-2)8(3)14-10/h7-8,11-12H,4-6H2,1-3H3. The van der Waals surface area contributed by atoms with Crippen LogP contribution in [0.3, 0.4) is 0 Å². The van der Waals surface area contributed by atoms with Crippen molar-refractivity contribution in [2.75, 3.05) is 6.54 Å². The van der Waals surface area contributed by atoms with Gasteiger partial charge in [-0.05, 0) is 13.3 Å². The van der Waals surface area contributed by atoms with Gasteiger partial charge in [0.1, 0.15) is 6.10 Å². The first-order chi connectivity index (χ1) is 7.57. The topological polar surface area (TPSA) is 60.9 Å². The van der Waals surface area contributed by atoms with E-state index in [-0.39, 0.29) is 6.10 Å². The minimum absolute atomic E-state index is 0.0996. The number of ether oxygens (including phenoxy) is 1. The summed E-state index contributed by atoms with van der Waals surface area (Å²) in [5.74, 6) is -0.523. The summed E-state index contributed by atoms with van der Waals surface area (Å²) in [6.45, 7) is 6.32. The first kappa shape index (κ1) is 13.5. The van der Waals surface area contributed by atoms with Gasteiger partial charge in [0.25, 0.3) is 0 Å².